The number of nitrogens with zero attached hydrogens (tertiary/aromatic N) is 1. The first-order valence-electron chi connectivity index (χ1n) is 4.91. The average Bonchev–Trinajstić information content (AvgIpc) is 2.85. The first-order valence-corrected chi connectivity index (χ1v) is 6.13. The van der Waals surface area contributed by atoms with Crippen LogP contribution in [0.2, 0.25) is 0 Å². The molecule has 0 bridgehead atoms. The van der Waals surface area contributed by atoms with Gasteiger partial charge in [-0.25, -0.2) is 4.98 Å². The SMILES string of the molecule is O=C1NC(=S)S/C1=C/c1c[nH]c2ncccc12. The quantitative estimate of drug-likeness (QED) is 0.609. The standard InChI is InChI=1S/C11H7N3OS2/c15-10-8(17-11(16)14-10)4-6-5-13-9-7(6)2-1-3-12-9/h1-5H,(H,12,13)(H,14,15,16)/b8-4+. The molecule has 1 aliphatic heterocycles. The molecule has 1 amide bonds. The lowest BCUT2D eigenvalue weighted by Gasteiger charge is -1.92. The Morgan fingerprint density at radius 3 is 3.12 bits per heavy atom. The molecule has 6 heteroatoms. The molecule has 2 aromatic rings. The molecule has 84 valence electrons. The van der Waals surface area contributed by atoms with Crippen molar-refractivity contribution < 1.29 is 4.79 Å². The molecule has 1 aliphatic rings. The predicted molar refractivity (Wildman–Crippen MR) is 72.4 cm³/mol. The van der Waals surface area contributed by atoms with Gasteiger partial charge in [-0.3, -0.25) is 4.79 Å². The van der Waals surface area contributed by atoms with E-state index in [0.29, 0.717) is 9.23 Å². The summed E-state index contributed by atoms with van der Waals surface area (Å²) in [7, 11) is 0. The predicted octanol–water partition coefficient (Wildman–Crippen LogP) is 2.05. The van der Waals surface area contributed by atoms with Crippen molar-refractivity contribution in [2.45, 2.75) is 0 Å². The van der Waals surface area contributed by atoms with Gasteiger partial charge in [-0.1, -0.05) is 24.0 Å². The van der Waals surface area contributed by atoms with Crippen LogP contribution in [0.5, 0.6) is 0 Å². The highest BCUT2D eigenvalue weighted by Crippen LogP contribution is 2.27. The van der Waals surface area contributed by atoms with E-state index in [-0.39, 0.29) is 5.91 Å². The number of fused-ring (bicyclic) bond motifs is 1. The number of aromatic nitrogens is 2. The first-order chi connectivity index (χ1) is 8.24. The number of hydrogen-bond acceptors (Lipinski definition) is 4. The first kappa shape index (κ1) is 10.5. The van der Waals surface area contributed by atoms with Crippen LogP contribution < -0.4 is 5.32 Å². The third kappa shape index (κ3) is 1.85. The number of carbonyl (C=O) groups is 1. The van der Waals surface area contributed by atoms with E-state index in [1.165, 1.54) is 11.8 Å². The van der Waals surface area contributed by atoms with Crippen LogP contribution in [0.3, 0.4) is 0 Å². The van der Waals surface area contributed by atoms with Crippen molar-refractivity contribution in [3.63, 3.8) is 0 Å². The van der Waals surface area contributed by atoms with Crippen molar-refractivity contribution in [2.75, 3.05) is 0 Å². The van der Waals surface area contributed by atoms with Crippen LogP contribution in [0.1, 0.15) is 5.56 Å². The summed E-state index contributed by atoms with van der Waals surface area (Å²) >= 11 is 6.21. The summed E-state index contributed by atoms with van der Waals surface area (Å²) in [6.45, 7) is 0. The van der Waals surface area contributed by atoms with Gasteiger partial charge in [0.15, 0.2) is 0 Å². The topological polar surface area (TPSA) is 57.8 Å². The number of thiocarbonyl (C=S) groups is 1. The van der Waals surface area contributed by atoms with Crippen molar-refractivity contribution in [3.05, 3.63) is 35.0 Å². The van der Waals surface area contributed by atoms with Gasteiger partial charge in [0.2, 0.25) is 0 Å². The Morgan fingerprint density at radius 2 is 2.35 bits per heavy atom. The minimum absolute atomic E-state index is 0.141. The van der Waals surface area contributed by atoms with Crippen molar-refractivity contribution >= 4 is 51.3 Å². The summed E-state index contributed by atoms with van der Waals surface area (Å²) in [5, 5.41) is 3.58. The summed E-state index contributed by atoms with van der Waals surface area (Å²) in [4.78, 5) is 19.4. The zero-order valence-corrected chi connectivity index (χ0v) is 10.2. The molecule has 0 radical (unpaired) electrons. The van der Waals surface area contributed by atoms with Crippen LogP contribution in [-0.4, -0.2) is 20.2 Å². The van der Waals surface area contributed by atoms with E-state index in [4.69, 9.17) is 12.2 Å². The maximum Gasteiger partial charge on any atom is 0.263 e. The molecule has 17 heavy (non-hydrogen) atoms. The highest BCUT2D eigenvalue weighted by atomic mass is 32.2. The summed E-state index contributed by atoms with van der Waals surface area (Å²) in [5.74, 6) is -0.141. The van der Waals surface area contributed by atoms with Gasteiger partial charge in [0.25, 0.3) is 5.91 Å². The highest BCUT2D eigenvalue weighted by Gasteiger charge is 2.22. The Labute approximate surface area is 106 Å². The molecule has 0 atom stereocenters. The second-order valence-corrected chi connectivity index (χ2v) is 5.21. The summed E-state index contributed by atoms with van der Waals surface area (Å²) < 4.78 is 0.499. The number of carbonyl (C=O) groups excluding carboxylic acids is 1. The molecule has 3 heterocycles. The lowest BCUT2D eigenvalue weighted by molar-refractivity contribution is -0.115. The van der Waals surface area contributed by atoms with Gasteiger partial charge < -0.3 is 10.3 Å². The van der Waals surface area contributed by atoms with Gasteiger partial charge >= 0.3 is 0 Å². The maximum absolute atomic E-state index is 11.5. The Hall–Kier alpha value is -1.66. The van der Waals surface area contributed by atoms with Gasteiger partial charge in [0, 0.05) is 23.3 Å². The summed E-state index contributed by atoms with van der Waals surface area (Å²) in [5.41, 5.74) is 1.75. The third-order valence-electron chi connectivity index (χ3n) is 2.41. The van der Waals surface area contributed by atoms with E-state index in [1.807, 2.05) is 24.4 Å². The average molecular weight is 261 g/mol. The van der Waals surface area contributed by atoms with Gasteiger partial charge in [-0.05, 0) is 18.2 Å². The molecule has 2 aromatic heterocycles. The van der Waals surface area contributed by atoms with Gasteiger partial charge in [-0.15, -0.1) is 0 Å². The molecule has 0 unspecified atom stereocenters. The smallest absolute Gasteiger partial charge is 0.263 e. The Morgan fingerprint density at radius 1 is 1.47 bits per heavy atom. The van der Waals surface area contributed by atoms with Crippen LogP contribution in [0, 0.1) is 0 Å². The molecule has 0 aliphatic carbocycles. The van der Waals surface area contributed by atoms with Crippen molar-refractivity contribution in [2.24, 2.45) is 0 Å². The molecular formula is C11H7N3OS2. The van der Waals surface area contributed by atoms with Crippen molar-refractivity contribution in [1.29, 1.82) is 0 Å². The Kier molecular flexibility index (Phi) is 2.45. The van der Waals surface area contributed by atoms with E-state index in [1.54, 1.807) is 6.20 Å². The lowest BCUT2D eigenvalue weighted by atomic mass is 10.2. The molecule has 0 saturated carbocycles. The minimum atomic E-state index is -0.141. The Bertz CT molecular complexity index is 660. The van der Waals surface area contributed by atoms with Crippen molar-refractivity contribution in [1.82, 2.24) is 15.3 Å². The van der Waals surface area contributed by atoms with E-state index in [2.05, 4.69) is 15.3 Å². The number of amides is 1. The molecule has 3 rings (SSSR count). The fourth-order valence-corrected chi connectivity index (χ4v) is 2.69. The number of H-pyrrole nitrogens is 1. The number of aromatic amines is 1. The largest absolute Gasteiger partial charge is 0.346 e. The number of pyridine rings is 1. The Balaban J connectivity index is 2.08. The summed E-state index contributed by atoms with van der Waals surface area (Å²) in [6, 6.07) is 3.83. The second-order valence-electron chi connectivity index (χ2n) is 3.50. The lowest BCUT2D eigenvalue weighted by Crippen LogP contribution is -2.17. The number of hydrogen-bond donors (Lipinski definition) is 2. The van der Waals surface area contributed by atoms with Gasteiger partial charge in [-0.2, -0.15) is 0 Å². The van der Waals surface area contributed by atoms with Crippen LogP contribution in [-0.2, 0) is 4.79 Å². The minimum Gasteiger partial charge on any atom is -0.346 e. The zero-order chi connectivity index (χ0) is 11.8. The molecule has 1 saturated heterocycles. The zero-order valence-electron chi connectivity index (χ0n) is 8.56. The molecule has 2 N–H and O–H groups in total. The number of thioether (sulfide) groups is 1. The van der Waals surface area contributed by atoms with E-state index >= 15 is 0 Å². The van der Waals surface area contributed by atoms with Crippen LogP contribution in [0.15, 0.2) is 29.4 Å². The van der Waals surface area contributed by atoms with E-state index < -0.39 is 0 Å². The van der Waals surface area contributed by atoms with Crippen molar-refractivity contribution in [3.8, 4) is 0 Å². The third-order valence-corrected chi connectivity index (χ3v) is 3.57. The van der Waals surface area contributed by atoms with E-state index in [0.717, 1.165) is 16.6 Å². The fourth-order valence-electron chi connectivity index (χ4n) is 1.66. The van der Waals surface area contributed by atoms with Crippen LogP contribution in [0.4, 0.5) is 0 Å². The molecule has 0 spiro atoms. The summed E-state index contributed by atoms with van der Waals surface area (Å²) in [6.07, 6.45) is 5.38. The molecule has 0 aromatic carbocycles. The number of nitrogens with one attached hydrogen (secondary N) is 2. The molecule has 1 fully saturated rings. The number of rotatable bonds is 1. The molecule has 4 nitrogen and oxygen atoms in total. The molecular weight excluding hydrogens is 254 g/mol. The normalized spacial score (nSPS) is 18.0. The van der Waals surface area contributed by atoms with Crippen LogP contribution >= 0.6 is 24.0 Å². The maximum atomic E-state index is 11.5. The second kappa shape index (κ2) is 3.97. The monoisotopic (exact) mass is 261 g/mol. The highest BCUT2D eigenvalue weighted by molar-refractivity contribution is 8.26. The van der Waals surface area contributed by atoms with E-state index in [9.17, 15) is 4.79 Å². The van der Waals surface area contributed by atoms with Gasteiger partial charge in [0.05, 0.1) is 4.91 Å². The fraction of sp³-hybridized carbons (Fsp3) is 0. The van der Waals surface area contributed by atoms with Crippen LogP contribution in [0.25, 0.3) is 17.1 Å². The van der Waals surface area contributed by atoms with Gasteiger partial charge in [0.1, 0.15) is 9.97 Å².